The summed E-state index contributed by atoms with van der Waals surface area (Å²) in [5.74, 6) is 0.283. The zero-order valence-corrected chi connectivity index (χ0v) is 16.3. The van der Waals surface area contributed by atoms with Crippen LogP contribution in [0.4, 0.5) is 0 Å². The highest BCUT2D eigenvalue weighted by Crippen LogP contribution is 2.23. The molecule has 6 heteroatoms. The first kappa shape index (κ1) is 17.6. The average molecular weight is 371 g/mol. The maximum Gasteiger partial charge on any atom is 0.240 e. The Labute approximate surface area is 159 Å². The van der Waals surface area contributed by atoms with Crippen LogP contribution in [0.25, 0.3) is 0 Å². The van der Waals surface area contributed by atoms with E-state index < -0.39 is 0 Å². The third-order valence-corrected chi connectivity index (χ3v) is 6.33. The SMILES string of the molecule is Cc1nc(CN2CCN(C(=O)[C@H]3Cc4ccccc4CN3C)CC2)cs1. The lowest BCUT2D eigenvalue weighted by Crippen LogP contribution is -2.55. The Balaban J connectivity index is 1.35. The molecule has 1 fully saturated rings. The molecule has 3 heterocycles. The van der Waals surface area contributed by atoms with Gasteiger partial charge >= 0.3 is 0 Å². The van der Waals surface area contributed by atoms with Crippen LogP contribution < -0.4 is 0 Å². The van der Waals surface area contributed by atoms with Crippen LogP contribution in [-0.2, 0) is 24.3 Å². The van der Waals surface area contributed by atoms with Crippen LogP contribution in [0.2, 0.25) is 0 Å². The second-order valence-electron chi connectivity index (χ2n) is 7.36. The van der Waals surface area contributed by atoms with Crippen molar-refractivity contribution in [2.45, 2.75) is 32.5 Å². The smallest absolute Gasteiger partial charge is 0.240 e. The Hall–Kier alpha value is -1.76. The van der Waals surface area contributed by atoms with Crippen LogP contribution in [0.15, 0.2) is 29.6 Å². The first-order valence-corrected chi connectivity index (χ1v) is 10.2. The number of aromatic nitrogens is 1. The van der Waals surface area contributed by atoms with Gasteiger partial charge in [0.15, 0.2) is 0 Å². The summed E-state index contributed by atoms with van der Waals surface area (Å²) in [6.45, 7) is 7.27. The lowest BCUT2D eigenvalue weighted by Gasteiger charge is -2.40. The summed E-state index contributed by atoms with van der Waals surface area (Å²) < 4.78 is 0. The van der Waals surface area contributed by atoms with Crippen molar-refractivity contribution in [2.75, 3.05) is 33.2 Å². The molecule has 2 aliphatic rings. The second kappa shape index (κ2) is 7.47. The van der Waals surface area contributed by atoms with Crippen molar-refractivity contribution in [1.82, 2.24) is 19.7 Å². The van der Waals surface area contributed by atoms with Crippen molar-refractivity contribution in [3.63, 3.8) is 0 Å². The predicted octanol–water partition coefficient (Wildman–Crippen LogP) is 2.15. The van der Waals surface area contributed by atoms with E-state index in [0.29, 0.717) is 0 Å². The molecular formula is C20H26N4OS. The van der Waals surface area contributed by atoms with Crippen molar-refractivity contribution in [1.29, 1.82) is 0 Å². The van der Waals surface area contributed by atoms with Gasteiger partial charge < -0.3 is 4.90 Å². The molecule has 2 aliphatic heterocycles. The van der Waals surface area contributed by atoms with Crippen molar-refractivity contribution in [3.8, 4) is 0 Å². The van der Waals surface area contributed by atoms with Crippen LogP contribution in [0, 0.1) is 6.92 Å². The Kier molecular flexibility index (Phi) is 5.07. The molecule has 0 unspecified atom stereocenters. The average Bonchev–Trinajstić information content (AvgIpc) is 3.06. The Bertz CT molecular complexity index is 782. The summed E-state index contributed by atoms with van der Waals surface area (Å²) >= 11 is 1.70. The number of likely N-dealkylation sites (N-methyl/N-ethyl adjacent to an activating group) is 1. The van der Waals surface area contributed by atoms with E-state index in [-0.39, 0.29) is 11.9 Å². The number of rotatable bonds is 3. The number of hydrogen-bond donors (Lipinski definition) is 0. The van der Waals surface area contributed by atoms with Gasteiger partial charge in [0, 0.05) is 44.6 Å². The summed E-state index contributed by atoms with van der Waals surface area (Å²) in [7, 11) is 2.07. The maximum atomic E-state index is 13.1. The number of amides is 1. The molecular weight excluding hydrogens is 344 g/mol. The fourth-order valence-corrected chi connectivity index (χ4v) is 4.58. The fraction of sp³-hybridized carbons (Fsp3) is 0.500. The Morgan fingerprint density at radius 2 is 1.92 bits per heavy atom. The molecule has 0 N–H and O–H groups in total. The number of carbonyl (C=O) groups is 1. The normalized spacial score (nSPS) is 21.6. The zero-order chi connectivity index (χ0) is 18.1. The minimum absolute atomic E-state index is 0.0300. The number of benzene rings is 1. The zero-order valence-electron chi connectivity index (χ0n) is 15.5. The molecule has 0 spiro atoms. The quantitative estimate of drug-likeness (QED) is 0.830. The molecule has 26 heavy (non-hydrogen) atoms. The van der Waals surface area contributed by atoms with Crippen LogP contribution in [0.3, 0.4) is 0 Å². The van der Waals surface area contributed by atoms with Crippen LogP contribution in [0.5, 0.6) is 0 Å². The van der Waals surface area contributed by atoms with Gasteiger partial charge in [0.25, 0.3) is 0 Å². The lowest BCUT2D eigenvalue weighted by molar-refractivity contribution is -0.139. The van der Waals surface area contributed by atoms with E-state index in [1.54, 1.807) is 11.3 Å². The van der Waals surface area contributed by atoms with E-state index in [0.717, 1.165) is 56.4 Å². The van der Waals surface area contributed by atoms with E-state index in [4.69, 9.17) is 0 Å². The molecule has 0 saturated carbocycles. The minimum atomic E-state index is -0.0300. The Morgan fingerprint density at radius 1 is 1.19 bits per heavy atom. The first-order chi connectivity index (χ1) is 12.6. The number of carbonyl (C=O) groups excluding carboxylic acids is 1. The molecule has 1 atom stereocenters. The van der Waals surface area contributed by atoms with Gasteiger partial charge in [-0.3, -0.25) is 14.6 Å². The van der Waals surface area contributed by atoms with Gasteiger partial charge in [-0.15, -0.1) is 11.3 Å². The van der Waals surface area contributed by atoms with Crippen LogP contribution >= 0.6 is 11.3 Å². The predicted molar refractivity (Wildman–Crippen MR) is 104 cm³/mol. The van der Waals surface area contributed by atoms with Gasteiger partial charge in [0.2, 0.25) is 5.91 Å². The van der Waals surface area contributed by atoms with Crippen LogP contribution in [-0.4, -0.2) is 64.9 Å². The van der Waals surface area contributed by atoms with Crippen LogP contribution in [0.1, 0.15) is 21.8 Å². The van der Waals surface area contributed by atoms with Gasteiger partial charge in [-0.2, -0.15) is 0 Å². The van der Waals surface area contributed by atoms with Gasteiger partial charge in [-0.05, 0) is 31.5 Å². The monoisotopic (exact) mass is 370 g/mol. The summed E-state index contributed by atoms with van der Waals surface area (Å²) in [5.41, 5.74) is 3.82. The molecule has 5 nitrogen and oxygen atoms in total. The van der Waals surface area contributed by atoms with E-state index in [9.17, 15) is 4.79 Å². The van der Waals surface area contributed by atoms with Crippen molar-refractivity contribution >= 4 is 17.2 Å². The summed E-state index contributed by atoms with van der Waals surface area (Å²) in [4.78, 5) is 24.3. The number of thiazole rings is 1. The van der Waals surface area contributed by atoms with Gasteiger partial charge in [-0.1, -0.05) is 24.3 Å². The molecule has 2 aromatic rings. The fourth-order valence-electron chi connectivity index (χ4n) is 3.98. The number of nitrogens with zero attached hydrogens (tertiary/aromatic N) is 4. The van der Waals surface area contributed by atoms with E-state index >= 15 is 0 Å². The molecule has 1 amide bonds. The molecule has 0 aliphatic carbocycles. The number of piperazine rings is 1. The second-order valence-corrected chi connectivity index (χ2v) is 8.43. The third-order valence-electron chi connectivity index (χ3n) is 5.50. The van der Waals surface area contributed by atoms with Crippen molar-refractivity contribution in [3.05, 3.63) is 51.5 Å². The first-order valence-electron chi connectivity index (χ1n) is 9.29. The van der Waals surface area contributed by atoms with Gasteiger partial charge in [-0.25, -0.2) is 4.98 Å². The minimum Gasteiger partial charge on any atom is -0.339 e. The standard InChI is InChI=1S/C20H26N4OS/c1-15-21-18(14-26-15)13-23-7-9-24(10-8-23)20(25)19-11-16-5-3-4-6-17(16)12-22(19)2/h3-6,14,19H,7-13H2,1-2H3/t19-/m1/s1. The van der Waals surface area contributed by atoms with E-state index in [1.165, 1.54) is 11.1 Å². The highest BCUT2D eigenvalue weighted by molar-refractivity contribution is 7.09. The number of hydrogen-bond acceptors (Lipinski definition) is 5. The van der Waals surface area contributed by atoms with E-state index in [1.807, 2.05) is 6.92 Å². The molecule has 1 aromatic carbocycles. The lowest BCUT2D eigenvalue weighted by atomic mass is 9.93. The molecule has 4 rings (SSSR count). The number of aryl methyl sites for hydroxylation is 1. The molecule has 0 bridgehead atoms. The maximum absolute atomic E-state index is 13.1. The van der Waals surface area contributed by atoms with Gasteiger partial charge in [0.05, 0.1) is 16.7 Å². The largest absolute Gasteiger partial charge is 0.339 e. The number of fused-ring (bicyclic) bond motifs is 1. The molecule has 1 saturated heterocycles. The van der Waals surface area contributed by atoms with Gasteiger partial charge in [0.1, 0.15) is 0 Å². The summed E-state index contributed by atoms with van der Waals surface area (Å²) in [6.07, 6.45) is 0.823. The van der Waals surface area contributed by atoms with E-state index in [2.05, 4.69) is 56.4 Å². The Morgan fingerprint density at radius 3 is 2.62 bits per heavy atom. The third kappa shape index (κ3) is 3.68. The van der Waals surface area contributed by atoms with Crippen molar-refractivity contribution < 1.29 is 4.79 Å². The summed E-state index contributed by atoms with van der Waals surface area (Å²) in [5, 5.41) is 3.26. The molecule has 138 valence electrons. The highest BCUT2D eigenvalue weighted by Gasteiger charge is 2.33. The molecule has 0 radical (unpaired) electrons. The molecule has 1 aromatic heterocycles. The topological polar surface area (TPSA) is 39.7 Å². The summed E-state index contributed by atoms with van der Waals surface area (Å²) in [6, 6.07) is 8.46. The highest BCUT2D eigenvalue weighted by atomic mass is 32.1. The van der Waals surface area contributed by atoms with Crippen molar-refractivity contribution in [2.24, 2.45) is 0 Å².